The van der Waals surface area contributed by atoms with Crippen molar-refractivity contribution in [2.75, 3.05) is 0 Å². The first-order valence-electron chi connectivity index (χ1n) is 7.87. The fourth-order valence-electron chi connectivity index (χ4n) is 2.25. The van der Waals surface area contributed by atoms with Crippen molar-refractivity contribution in [3.8, 4) is 0 Å². The van der Waals surface area contributed by atoms with E-state index in [0.717, 1.165) is 8.95 Å². The van der Waals surface area contributed by atoms with Crippen LogP contribution in [0.1, 0.15) is 34.6 Å². The average Bonchev–Trinajstić information content (AvgIpc) is 2.61. The molecule has 7 heteroatoms. The molecule has 2 rings (SSSR count). The molecule has 0 aliphatic rings. The molecule has 0 atom stereocenters. The van der Waals surface area contributed by atoms with E-state index < -0.39 is 34.0 Å². The number of rotatable bonds is 6. The van der Waals surface area contributed by atoms with Gasteiger partial charge in [-0.2, -0.15) is 0 Å². The molecule has 0 unspecified atom stereocenters. The topological polar surface area (TPSA) is 52.6 Å². The third kappa shape index (κ3) is 5.62. The van der Waals surface area contributed by atoms with Gasteiger partial charge in [0.25, 0.3) is 0 Å². The second-order valence-electron chi connectivity index (χ2n) is 5.42. The zero-order valence-corrected chi connectivity index (χ0v) is 21.0. The normalized spacial score (nSPS) is 11.0. The second-order valence-corrected chi connectivity index (χ2v) is 21.4. The number of halogens is 2. The zero-order valence-electron chi connectivity index (χ0n) is 13.9. The molecule has 0 fully saturated rings. The minimum absolute atomic E-state index is 0.436. The summed E-state index contributed by atoms with van der Waals surface area (Å²) in [6.07, 6.45) is 0. The molecule has 0 aliphatic carbocycles. The van der Waals surface area contributed by atoms with Crippen LogP contribution in [0.5, 0.6) is 0 Å². The van der Waals surface area contributed by atoms with E-state index in [9.17, 15) is 9.59 Å². The maximum atomic E-state index is 12.5. The van der Waals surface area contributed by atoms with E-state index in [4.69, 9.17) is 5.37 Å². The van der Waals surface area contributed by atoms with Gasteiger partial charge < -0.3 is 0 Å². The van der Waals surface area contributed by atoms with Crippen molar-refractivity contribution >= 4 is 65.9 Å². The fourth-order valence-corrected chi connectivity index (χ4v) is 10.9. The quantitative estimate of drug-likeness (QED) is 0.372. The van der Waals surface area contributed by atoms with Crippen molar-refractivity contribution < 1.29 is 15.0 Å². The number of benzene rings is 2. The van der Waals surface area contributed by atoms with Gasteiger partial charge in [0.2, 0.25) is 0 Å². The molecule has 2 aromatic rings. The van der Waals surface area contributed by atoms with Crippen LogP contribution in [-0.2, 0) is 5.37 Å². The van der Waals surface area contributed by atoms with E-state index in [0.29, 0.717) is 19.1 Å². The number of carbonyl (C=O) groups is 2. The van der Waals surface area contributed by atoms with E-state index in [-0.39, 0.29) is 0 Å². The molecular formula is C18H18Br2O4Pb. The third-order valence-electron chi connectivity index (χ3n) is 3.76. The first-order valence-corrected chi connectivity index (χ1v) is 18.1. The van der Waals surface area contributed by atoms with Gasteiger partial charge in [-0.1, -0.05) is 0 Å². The Bertz CT molecular complexity index is 714. The van der Waals surface area contributed by atoms with Crippen LogP contribution in [0.25, 0.3) is 0 Å². The Labute approximate surface area is 170 Å². The predicted molar refractivity (Wildman–Crippen MR) is 106 cm³/mol. The Balaban J connectivity index is 2.20. The Morgan fingerprint density at radius 2 is 1.24 bits per heavy atom. The molecule has 0 aliphatic heterocycles. The first-order chi connectivity index (χ1) is 11.9. The van der Waals surface area contributed by atoms with Gasteiger partial charge in [-0.15, -0.1) is 0 Å². The average molecular weight is 665 g/mol. The van der Waals surface area contributed by atoms with Gasteiger partial charge in [0.15, 0.2) is 0 Å². The molecule has 0 heterocycles. The van der Waals surface area contributed by atoms with Crippen LogP contribution in [0.3, 0.4) is 0 Å². The predicted octanol–water partition coefficient (Wildman–Crippen LogP) is 5.71. The van der Waals surface area contributed by atoms with Gasteiger partial charge in [0.1, 0.15) is 0 Å². The monoisotopic (exact) mass is 664 g/mol. The molecule has 0 aromatic heterocycles. The molecule has 2 aromatic carbocycles. The molecule has 0 amide bonds. The van der Waals surface area contributed by atoms with Gasteiger partial charge in [0.05, 0.1) is 0 Å². The summed E-state index contributed by atoms with van der Waals surface area (Å²) in [6, 6.07) is 14.0. The molecule has 0 spiro atoms. The third-order valence-corrected chi connectivity index (χ3v) is 17.5. The van der Waals surface area contributed by atoms with E-state index in [2.05, 4.69) is 31.9 Å². The van der Waals surface area contributed by atoms with E-state index in [1.165, 1.54) is 0 Å². The van der Waals surface area contributed by atoms with Crippen molar-refractivity contribution in [3.63, 3.8) is 0 Å². The van der Waals surface area contributed by atoms with Crippen molar-refractivity contribution in [1.29, 1.82) is 0 Å². The summed E-state index contributed by atoms with van der Waals surface area (Å²) in [7, 11) is 0. The summed E-state index contributed by atoms with van der Waals surface area (Å²) in [5.41, 5.74) is 0.887. The summed E-state index contributed by atoms with van der Waals surface area (Å²) in [4.78, 5) is 25.0. The molecule has 0 saturated heterocycles. The Hall–Kier alpha value is -0.738. The van der Waals surface area contributed by atoms with Crippen molar-refractivity contribution in [2.45, 2.75) is 21.8 Å². The van der Waals surface area contributed by atoms with Gasteiger partial charge in [0, 0.05) is 0 Å². The van der Waals surface area contributed by atoms with Gasteiger partial charge in [-0.05, 0) is 0 Å². The summed E-state index contributed by atoms with van der Waals surface area (Å²) >= 11 is 2.67. The van der Waals surface area contributed by atoms with Gasteiger partial charge in [-0.3, -0.25) is 0 Å². The molecule has 132 valence electrons. The zero-order chi connectivity index (χ0) is 18.4. The van der Waals surface area contributed by atoms with Crippen LogP contribution in [0.15, 0.2) is 57.5 Å². The van der Waals surface area contributed by atoms with Gasteiger partial charge >= 0.3 is 171 Å². The number of carbonyl (C=O) groups excluding carboxylic acids is 2. The molecule has 0 N–H and O–H groups in total. The Kier molecular flexibility index (Phi) is 7.63. The molecule has 0 saturated carbocycles. The van der Waals surface area contributed by atoms with Crippen molar-refractivity contribution in [3.05, 3.63) is 68.6 Å². The number of hydrogen-bond acceptors (Lipinski definition) is 4. The summed E-state index contributed by atoms with van der Waals surface area (Å²) in [5, 5.41) is 0. The van der Waals surface area contributed by atoms with Crippen molar-refractivity contribution in [1.82, 2.24) is 0 Å². The van der Waals surface area contributed by atoms with Gasteiger partial charge in [-0.25, -0.2) is 0 Å². The summed E-state index contributed by atoms with van der Waals surface area (Å²) < 4.78 is 14.3. The van der Waals surface area contributed by atoms with Crippen LogP contribution in [0.4, 0.5) is 0 Å². The standard InChI is InChI=1S/2C7H5BrO2.2C2H5.Pb/c2*8-6-3-1-2-5(4-6)7(9)10;2*1-2;/h2*1-4H,(H,9,10);2*1H2,2H3;/q;;;;+2/p-2. The minimum atomic E-state index is -4.02. The van der Waals surface area contributed by atoms with Crippen LogP contribution < -0.4 is 0 Å². The summed E-state index contributed by atoms with van der Waals surface area (Å²) in [6.45, 7) is 3.82. The molecule has 0 radical (unpaired) electrons. The molecule has 0 bridgehead atoms. The van der Waals surface area contributed by atoms with Crippen molar-refractivity contribution in [2.24, 2.45) is 0 Å². The molecule has 25 heavy (non-hydrogen) atoms. The van der Waals surface area contributed by atoms with Crippen LogP contribution >= 0.6 is 31.9 Å². The van der Waals surface area contributed by atoms with E-state index >= 15 is 0 Å². The van der Waals surface area contributed by atoms with Crippen LogP contribution in [0, 0.1) is 0 Å². The first kappa shape index (κ1) is 20.6. The Morgan fingerprint density at radius 1 is 0.840 bits per heavy atom. The SMILES string of the molecule is C[CH2][Pb]([CH2]C)([O]C(=O)c1cccc(Br)c1)[O]C(=O)c1cccc(Br)c1. The molecular weight excluding hydrogens is 647 g/mol. The van der Waals surface area contributed by atoms with E-state index in [1.54, 1.807) is 36.4 Å². The van der Waals surface area contributed by atoms with Crippen LogP contribution in [0.2, 0.25) is 7.96 Å². The molecule has 4 nitrogen and oxygen atoms in total. The maximum absolute atomic E-state index is 12.5. The number of hydrogen-bond donors (Lipinski definition) is 0. The van der Waals surface area contributed by atoms with E-state index in [1.807, 2.05) is 26.0 Å². The Morgan fingerprint density at radius 3 is 1.56 bits per heavy atom. The fraction of sp³-hybridized carbons (Fsp3) is 0.222. The second kappa shape index (κ2) is 9.27. The summed E-state index contributed by atoms with van der Waals surface area (Å²) in [5.74, 6) is -0.873. The van der Waals surface area contributed by atoms with Crippen LogP contribution in [-0.4, -0.2) is 34.0 Å².